The van der Waals surface area contributed by atoms with Gasteiger partial charge in [-0.05, 0) is 77.8 Å². The molecular weight excluding hydrogens is 811 g/mol. The molecular formula is C57H113NO7. The van der Waals surface area contributed by atoms with Crippen molar-refractivity contribution < 1.29 is 33.3 Å². The zero-order valence-corrected chi connectivity index (χ0v) is 44.4. The van der Waals surface area contributed by atoms with Crippen molar-refractivity contribution in [3.05, 3.63) is 0 Å². The van der Waals surface area contributed by atoms with Gasteiger partial charge < -0.3 is 28.6 Å². The molecule has 0 bridgehead atoms. The van der Waals surface area contributed by atoms with Crippen molar-refractivity contribution in [1.29, 1.82) is 0 Å². The van der Waals surface area contributed by atoms with Crippen LogP contribution >= 0.6 is 0 Å². The Balaban J connectivity index is 4.74. The van der Waals surface area contributed by atoms with Crippen molar-refractivity contribution in [2.24, 2.45) is 11.8 Å². The first kappa shape index (κ1) is 63.8. The highest BCUT2D eigenvalue weighted by molar-refractivity contribution is 5.72. The molecule has 0 N–H and O–H groups in total. The fourth-order valence-corrected chi connectivity index (χ4v) is 8.92. The zero-order chi connectivity index (χ0) is 47.4. The van der Waals surface area contributed by atoms with Crippen molar-refractivity contribution in [2.75, 3.05) is 72.5 Å². The molecule has 8 nitrogen and oxygen atoms in total. The molecule has 0 aliphatic rings. The highest BCUT2D eigenvalue weighted by Gasteiger charge is 2.20. The molecule has 0 atom stereocenters. The number of carbonyl (C=O) groups excluding carboxylic acids is 2. The van der Waals surface area contributed by atoms with Gasteiger partial charge in [-0.15, -0.1) is 0 Å². The van der Waals surface area contributed by atoms with Gasteiger partial charge in [0, 0.05) is 19.8 Å². The minimum Gasteiger partial charge on any atom is -0.465 e. The van der Waals surface area contributed by atoms with Crippen LogP contribution in [0.5, 0.6) is 0 Å². The Morgan fingerprint density at radius 2 is 0.600 bits per heavy atom. The van der Waals surface area contributed by atoms with E-state index in [9.17, 15) is 9.59 Å². The molecule has 0 spiro atoms. The number of hydrogen-bond acceptors (Lipinski definition) is 8. The number of rotatable bonds is 55. The second-order valence-corrected chi connectivity index (χ2v) is 19.4. The van der Waals surface area contributed by atoms with E-state index in [0.717, 1.165) is 142 Å². The van der Waals surface area contributed by atoms with Crippen LogP contribution in [0, 0.1) is 11.8 Å². The smallest absolute Gasteiger partial charge is 0.308 e. The van der Waals surface area contributed by atoms with E-state index < -0.39 is 0 Å². The highest BCUT2D eigenvalue weighted by Crippen LogP contribution is 2.23. The van der Waals surface area contributed by atoms with Gasteiger partial charge in [0.1, 0.15) is 0 Å². The van der Waals surface area contributed by atoms with Gasteiger partial charge in [-0.25, -0.2) is 0 Å². The van der Waals surface area contributed by atoms with E-state index in [2.05, 4.69) is 32.6 Å². The molecule has 65 heavy (non-hydrogen) atoms. The lowest BCUT2D eigenvalue weighted by molar-refractivity contribution is -0.150. The molecule has 0 rings (SSSR count). The number of esters is 2. The van der Waals surface area contributed by atoms with Crippen LogP contribution in [0.15, 0.2) is 0 Å². The summed E-state index contributed by atoms with van der Waals surface area (Å²) in [6.45, 7) is 19.4. The SMILES string of the molecule is CCCCCCCCC(CCCCCCCC)C(=O)OCCCCCCN(CCCCCCOC(=O)C(CCCCCCCC)CCCCCCCC)CCCOCCOCCOCC. The Morgan fingerprint density at radius 3 is 0.969 bits per heavy atom. The maximum absolute atomic E-state index is 13.2. The normalized spacial score (nSPS) is 11.8. The van der Waals surface area contributed by atoms with E-state index in [1.54, 1.807) is 0 Å². The number of unbranched alkanes of at least 4 members (excludes halogenated alkanes) is 26. The van der Waals surface area contributed by atoms with Crippen LogP contribution in [0.2, 0.25) is 0 Å². The topological polar surface area (TPSA) is 83.5 Å². The quantitative estimate of drug-likeness (QED) is 0.0441. The third-order valence-corrected chi connectivity index (χ3v) is 13.2. The Kier molecular flexibility index (Phi) is 52.7. The first-order valence-corrected chi connectivity index (χ1v) is 28.8. The number of ether oxygens (including phenoxy) is 5. The molecule has 0 saturated heterocycles. The summed E-state index contributed by atoms with van der Waals surface area (Å²) in [4.78, 5) is 29.0. The predicted molar refractivity (Wildman–Crippen MR) is 277 cm³/mol. The molecule has 0 heterocycles. The molecule has 388 valence electrons. The highest BCUT2D eigenvalue weighted by atomic mass is 16.5. The number of hydrogen-bond donors (Lipinski definition) is 0. The molecule has 0 aromatic carbocycles. The van der Waals surface area contributed by atoms with E-state index in [0.29, 0.717) is 39.6 Å². The molecule has 0 saturated carbocycles. The zero-order valence-electron chi connectivity index (χ0n) is 44.4. The van der Waals surface area contributed by atoms with Crippen molar-refractivity contribution in [1.82, 2.24) is 4.90 Å². The first-order valence-electron chi connectivity index (χ1n) is 28.8. The number of carbonyl (C=O) groups is 2. The number of nitrogens with zero attached hydrogens (tertiary/aromatic N) is 1. The molecule has 0 aliphatic heterocycles. The van der Waals surface area contributed by atoms with Gasteiger partial charge in [0.2, 0.25) is 0 Å². The van der Waals surface area contributed by atoms with Gasteiger partial charge in [0.05, 0.1) is 51.5 Å². The average Bonchev–Trinajstić information content (AvgIpc) is 3.31. The third kappa shape index (κ3) is 46.3. The van der Waals surface area contributed by atoms with Crippen LogP contribution in [0.1, 0.15) is 272 Å². The van der Waals surface area contributed by atoms with Gasteiger partial charge in [0.15, 0.2) is 0 Å². The predicted octanol–water partition coefficient (Wildman–Crippen LogP) is 16.2. The van der Waals surface area contributed by atoms with Gasteiger partial charge in [-0.2, -0.15) is 0 Å². The summed E-state index contributed by atoms with van der Waals surface area (Å²) < 4.78 is 28.7. The van der Waals surface area contributed by atoms with Crippen LogP contribution in [0.3, 0.4) is 0 Å². The second kappa shape index (κ2) is 53.7. The molecule has 0 aromatic heterocycles. The second-order valence-electron chi connectivity index (χ2n) is 19.4. The van der Waals surface area contributed by atoms with Crippen LogP contribution in [-0.2, 0) is 33.3 Å². The van der Waals surface area contributed by atoms with E-state index in [1.165, 1.54) is 128 Å². The van der Waals surface area contributed by atoms with Gasteiger partial charge in [-0.1, -0.05) is 207 Å². The molecule has 8 heteroatoms. The summed E-state index contributed by atoms with van der Waals surface area (Å²) in [6.07, 6.45) is 44.2. The lowest BCUT2D eigenvalue weighted by Gasteiger charge is -2.22. The lowest BCUT2D eigenvalue weighted by atomic mass is 9.94. The first-order chi connectivity index (χ1) is 32.0. The molecule has 0 fully saturated rings. The van der Waals surface area contributed by atoms with Crippen molar-refractivity contribution in [3.8, 4) is 0 Å². The van der Waals surface area contributed by atoms with Crippen LogP contribution in [0.25, 0.3) is 0 Å². The third-order valence-electron chi connectivity index (χ3n) is 13.2. The van der Waals surface area contributed by atoms with Crippen molar-refractivity contribution >= 4 is 11.9 Å². The minimum absolute atomic E-state index is 0.0620. The van der Waals surface area contributed by atoms with E-state index in [-0.39, 0.29) is 23.8 Å². The molecule has 0 radical (unpaired) electrons. The van der Waals surface area contributed by atoms with Crippen LogP contribution in [0.4, 0.5) is 0 Å². The Bertz CT molecular complexity index is 856. The largest absolute Gasteiger partial charge is 0.465 e. The minimum atomic E-state index is 0.0620. The van der Waals surface area contributed by atoms with Crippen molar-refractivity contribution in [3.63, 3.8) is 0 Å². The standard InChI is InChI=1S/C57H113NO7/c1-6-11-15-19-23-31-40-54(41-32-24-20-16-12-7-2)56(59)64-48-37-29-27-35-44-58(46-39-47-62-52-53-63-51-50-61-10-5)45-36-28-30-38-49-65-57(60)55(42-33-25-21-17-13-8-3)43-34-26-22-18-14-9-4/h54-55H,6-53H2,1-5H3. The summed E-state index contributed by atoms with van der Waals surface area (Å²) in [5.41, 5.74) is 0. The summed E-state index contributed by atoms with van der Waals surface area (Å²) in [5.74, 6) is 0.290. The summed E-state index contributed by atoms with van der Waals surface area (Å²) in [7, 11) is 0. The Labute approximate surface area is 405 Å². The van der Waals surface area contributed by atoms with Gasteiger partial charge in [0.25, 0.3) is 0 Å². The van der Waals surface area contributed by atoms with Crippen LogP contribution < -0.4 is 0 Å². The van der Waals surface area contributed by atoms with Crippen molar-refractivity contribution in [2.45, 2.75) is 272 Å². The van der Waals surface area contributed by atoms with Gasteiger partial charge in [-0.3, -0.25) is 9.59 Å². The monoisotopic (exact) mass is 924 g/mol. The molecule has 0 unspecified atom stereocenters. The van der Waals surface area contributed by atoms with E-state index in [4.69, 9.17) is 23.7 Å². The van der Waals surface area contributed by atoms with Gasteiger partial charge >= 0.3 is 11.9 Å². The summed E-state index contributed by atoms with van der Waals surface area (Å²) >= 11 is 0. The average molecular weight is 925 g/mol. The molecule has 0 aliphatic carbocycles. The van der Waals surface area contributed by atoms with E-state index >= 15 is 0 Å². The summed E-state index contributed by atoms with van der Waals surface area (Å²) in [5, 5.41) is 0. The molecule has 0 aromatic rings. The summed E-state index contributed by atoms with van der Waals surface area (Å²) in [6, 6.07) is 0. The fraction of sp³-hybridized carbons (Fsp3) is 0.965. The maximum Gasteiger partial charge on any atom is 0.308 e. The molecule has 0 amide bonds. The Hall–Kier alpha value is -1.22. The lowest BCUT2D eigenvalue weighted by Crippen LogP contribution is -2.28. The van der Waals surface area contributed by atoms with E-state index in [1.807, 2.05) is 6.92 Å². The maximum atomic E-state index is 13.2. The van der Waals surface area contributed by atoms with Crippen LogP contribution in [-0.4, -0.2) is 89.3 Å². The Morgan fingerprint density at radius 1 is 0.308 bits per heavy atom. The fourth-order valence-electron chi connectivity index (χ4n) is 8.92.